The van der Waals surface area contributed by atoms with Crippen LogP contribution in [-0.2, 0) is 19.5 Å². The van der Waals surface area contributed by atoms with Gasteiger partial charge in [0.05, 0.1) is 24.2 Å². The molecule has 8 heteroatoms. The van der Waals surface area contributed by atoms with E-state index in [4.69, 9.17) is 4.42 Å². The highest BCUT2D eigenvalue weighted by Crippen LogP contribution is 2.22. The lowest BCUT2D eigenvalue weighted by molar-refractivity contribution is 0.0942. The van der Waals surface area contributed by atoms with Gasteiger partial charge in [-0.25, -0.2) is 9.37 Å². The van der Waals surface area contributed by atoms with Gasteiger partial charge in [0.1, 0.15) is 17.3 Å². The number of carbonyl (C=O) groups excluding carboxylic acids is 2. The maximum atomic E-state index is 13.9. The fourth-order valence-electron chi connectivity index (χ4n) is 3.30. The summed E-state index contributed by atoms with van der Waals surface area (Å²) in [5.74, 6) is -0.705. The molecule has 0 atom stereocenters. The fraction of sp³-hybridized carbons (Fsp3) is 0.250. The lowest BCUT2D eigenvalue weighted by Crippen LogP contribution is -2.25. The van der Waals surface area contributed by atoms with Crippen LogP contribution in [0, 0.1) is 5.82 Å². The molecule has 0 unspecified atom stereocenters. The molecule has 2 aromatic heterocycles. The summed E-state index contributed by atoms with van der Waals surface area (Å²) < 4.78 is 20.8. The topological polar surface area (TPSA) is 89.2 Å². The Bertz CT molecular complexity index is 1010. The standard InChI is InChI=1S/C20H19FN4O3/c21-14-7-1-2-8-15(14)23-20(27)18-24-17(16-9-3-4-10-25(16)18)19(26)22-12-13-6-5-11-28-13/h1-2,5-8,11H,3-4,9-10,12H2,(H,22,26)(H,23,27). The zero-order valence-electron chi connectivity index (χ0n) is 15.1. The van der Waals surface area contributed by atoms with Crippen LogP contribution in [0.2, 0.25) is 0 Å². The first-order chi connectivity index (χ1) is 13.6. The molecule has 144 valence electrons. The number of fused-ring (bicyclic) bond motifs is 1. The number of halogens is 1. The van der Waals surface area contributed by atoms with Crippen LogP contribution in [0.25, 0.3) is 0 Å². The molecule has 0 bridgehead atoms. The minimum absolute atomic E-state index is 0.0736. The van der Waals surface area contributed by atoms with E-state index in [1.54, 1.807) is 28.8 Å². The van der Waals surface area contributed by atoms with Crippen molar-refractivity contribution in [3.8, 4) is 0 Å². The van der Waals surface area contributed by atoms with E-state index in [9.17, 15) is 14.0 Å². The maximum absolute atomic E-state index is 13.9. The summed E-state index contributed by atoms with van der Waals surface area (Å²) >= 11 is 0. The molecule has 0 saturated heterocycles. The van der Waals surface area contributed by atoms with Gasteiger partial charge in [-0.15, -0.1) is 0 Å². The quantitative estimate of drug-likeness (QED) is 0.710. The van der Waals surface area contributed by atoms with Gasteiger partial charge in [0.2, 0.25) is 0 Å². The second-order valence-corrected chi connectivity index (χ2v) is 6.54. The van der Waals surface area contributed by atoms with Gasteiger partial charge in [0.15, 0.2) is 5.82 Å². The zero-order chi connectivity index (χ0) is 19.5. The Morgan fingerprint density at radius 3 is 2.79 bits per heavy atom. The van der Waals surface area contributed by atoms with Crippen LogP contribution in [0.4, 0.5) is 10.1 Å². The molecule has 3 aromatic rings. The molecular weight excluding hydrogens is 363 g/mol. The highest BCUT2D eigenvalue weighted by molar-refractivity contribution is 6.03. The summed E-state index contributed by atoms with van der Waals surface area (Å²) in [6, 6.07) is 9.42. The van der Waals surface area contributed by atoms with E-state index in [0.717, 1.165) is 18.5 Å². The fourth-order valence-corrected chi connectivity index (χ4v) is 3.30. The van der Waals surface area contributed by atoms with E-state index in [2.05, 4.69) is 15.6 Å². The molecule has 0 aliphatic carbocycles. The van der Waals surface area contributed by atoms with Crippen molar-refractivity contribution in [3.05, 3.63) is 71.5 Å². The molecule has 0 saturated carbocycles. The number of hydrogen-bond acceptors (Lipinski definition) is 4. The van der Waals surface area contributed by atoms with Gasteiger partial charge in [-0.2, -0.15) is 0 Å². The summed E-state index contributed by atoms with van der Waals surface area (Å²) in [6.45, 7) is 0.822. The van der Waals surface area contributed by atoms with Crippen LogP contribution in [0.1, 0.15) is 45.4 Å². The van der Waals surface area contributed by atoms with Crippen molar-refractivity contribution >= 4 is 17.5 Å². The number of imidazole rings is 1. The molecular formula is C20H19FN4O3. The molecule has 2 N–H and O–H groups in total. The summed E-state index contributed by atoms with van der Waals surface area (Å²) in [7, 11) is 0. The second kappa shape index (κ2) is 7.67. The third-order valence-corrected chi connectivity index (χ3v) is 4.66. The van der Waals surface area contributed by atoms with Gasteiger partial charge in [0, 0.05) is 6.54 Å². The number of para-hydroxylation sites is 1. The van der Waals surface area contributed by atoms with Crippen LogP contribution < -0.4 is 10.6 Å². The number of rotatable bonds is 5. The number of amides is 2. The maximum Gasteiger partial charge on any atom is 0.291 e. The number of hydrogen-bond donors (Lipinski definition) is 2. The van der Waals surface area contributed by atoms with Crippen LogP contribution in [0.3, 0.4) is 0 Å². The van der Waals surface area contributed by atoms with Crippen LogP contribution in [0.15, 0.2) is 47.1 Å². The van der Waals surface area contributed by atoms with E-state index < -0.39 is 11.7 Å². The van der Waals surface area contributed by atoms with Crippen molar-refractivity contribution < 1.29 is 18.4 Å². The average molecular weight is 382 g/mol. The number of furan rings is 1. The molecule has 4 rings (SSSR count). The molecule has 7 nitrogen and oxygen atoms in total. The van der Waals surface area contributed by atoms with Crippen molar-refractivity contribution in [1.82, 2.24) is 14.9 Å². The predicted molar refractivity (Wildman–Crippen MR) is 99.4 cm³/mol. The van der Waals surface area contributed by atoms with Crippen LogP contribution in [0.5, 0.6) is 0 Å². The Hall–Kier alpha value is -3.42. The first-order valence-corrected chi connectivity index (χ1v) is 9.09. The van der Waals surface area contributed by atoms with Crippen molar-refractivity contribution in [2.75, 3.05) is 5.32 Å². The Balaban J connectivity index is 1.58. The van der Waals surface area contributed by atoms with Crippen molar-refractivity contribution in [2.45, 2.75) is 32.4 Å². The van der Waals surface area contributed by atoms with E-state index in [1.807, 2.05) is 0 Å². The van der Waals surface area contributed by atoms with Gasteiger partial charge in [-0.1, -0.05) is 12.1 Å². The number of carbonyl (C=O) groups is 2. The van der Waals surface area contributed by atoms with E-state index in [0.29, 0.717) is 18.7 Å². The van der Waals surface area contributed by atoms with Crippen LogP contribution in [-0.4, -0.2) is 21.4 Å². The Morgan fingerprint density at radius 1 is 1.14 bits per heavy atom. The predicted octanol–water partition coefficient (Wildman–Crippen LogP) is 3.13. The molecule has 2 amide bonds. The minimum Gasteiger partial charge on any atom is -0.467 e. The first-order valence-electron chi connectivity index (χ1n) is 9.09. The van der Waals surface area contributed by atoms with Crippen molar-refractivity contribution in [3.63, 3.8) is 0 Å². The van der Waals surface area contributed by atoms with Gasteiger partial charge >= 0.3 is 0 Å². The molecule has 28 heavy (non-hydrogen) atoms. The molecule has 0 spiro atoms. The molecule has 1 aromatic carbocycles. The number of nitrogens with zero attached hydrogens (tertiary/aromatic N) is 2. The Kier molecular flexibility index (Phi) is 4.92. The number of nitrogens with one attached hydrogen (secondary N) is 2. The SMILES string of the molecule is O=C(NCc1ccco1)c1nc(C(=O)Nc2ccccc2F)n2c1CCCC2. The summed E-state index contributed by atoms with van der Waals surface area (Å²) in [6.07, 6.45) is 3.99. The number of aromatic nitrogens is 2. The third kappa shape index (κ3) is 3.53. The van der Waals surface area contributed by atoms with Crippen LogP contribution >= 0.6 is 0 Å². The second-order valence-electron chi connectivity index (χ2n) is 6.54. The molecule has 1 aliphatic rings. The van der Waals surface area contributed by atoms with E-state index in [1.165, 1.54) is 18.4 Å². The van der Waals surface area contributed by atoms with E-state index in [-0.39, 0.29) is 29.7 Å². The molecule has 0 fully saturated rings. The minimum atomic E-state index is -0.543. The smallest absolute Gasteiger partial charge is 0.291 e. The van der Waals surface area contributed by atoms with Gasteiger partial charge in [-0.05, 0) is 43.5 Å². The monoisotopic (exact) mass is 382 g/mol. The Morgan fingerprint density at radius 2 is 2.00 bits per heavy atom. The summed E-state index contributed by atoms with van der Waals surface area (Å²) in [5, 5.41) is 5.30. The number of anilines is 1. The zero-order valence-corrected chi connectivity index (χ0v) is 15.1. The molecule has 1 aliphatic heterocycles. The van der Waals surface area contributed by atoms with Gasteiger partial charge in [-0.3, -0.25) is 9.59 Å². The summed E-state index contributed by atoms with van der Waals surface area (Å²) in [5.41, 5.74) is 1.02. The molecule has 3 heterocycles. The van der Waals surface area contributed by atoms with Crippen molar-refractivity contribution in [1.29, 1.82) is 0 Å². The van der Waals surface area contributed by atoms with Gasteiger partial charge < -0.3 is 19.6 Å². The van der Waals surface area contributed by atoms with E-state index >= 15 is 0 Å². The average Bonchev–Trinajstić information content (AvgIpc) is 3.36. The summed E-state index contributed by atoms with van der Waals surface area (Å²) in [4.78, 5) is 29.7. The first kappa shape index (κ1) is 18.0. The number of benzene rings is 1. The normalized spacial score (nSPS) is 13.0. The lowest BCUT2D eigenvalue weighted by Gasteiger charge is -2.17. The molecule has 0 radical (unpaired) electrons. The lowest BCUT2D eigenvalue weighted by atomic mass is 10.1. The third-order valence-electron chi connectivity index (χ3n) is 4.66. The highest BCUT2D eigenvalue weighted by Gasteiger charge is 2.27. The van der Waals surface area contributed by atoms with Gasteiger partial charge in [0.25, 0.3) is 11.8 Å². The largest absolute Gasteiger partial charge is 0.467 e. The Labute approximate surface area is 160 Å². The highest BCUT2D eigenvalue weighted by atomic mass is 19.1. The van der Waals surface area contributed by atoms with Crippen molar-refractivity contribution in [2.24, 2.45) is 0 Å².